The summed E-state index contributed by atoms with van der Waals surface area (Å²) in [5.41, 5.74) is 0.810. The van der Waals surface area contributed by atoms with Crippen LogP contribution in [0.3, 0.4) is 0 Å². The fraction of sp³-hybridized carbons (Fsp3) is 0.444. The third-order valence-corrected chi connectivity index (χ3v) is 8.95. The van der Waals surface area contributed by atoms with Crippen molar-refractivity contribution in [2.45, 2.75) is 32.6 Å². The molecule has 1 amide bonds. The Balaban J connectivity index is 1.03. The molecule has 0 spiro atoms. The van der Waals surface area contributed by atoms with Gasteiger partial charge >= 0.3 is 0 Å². The third-order valence-electron chi connectivity index (χ3n) is 6.92. The largest absolute Gasteiger partial charge is 0.382 e. The SMILES string of the molecule is Cc1nc2c(s1)C(=O)C=C(NCCCN(C)CCCNC1=CC(=O)c3nc(C(=O)N4CCCC4)sc3C1=O)C2=O. The molecule has 2 aromatic rings. The molecule has 3 heterocycles. The molecule has 0 atom stereocenters. The average Bonchev–Trinajstić information content (AvgIpc) is 3.69. The molecule has 2 aromatic heterocycles. The number of carbonyl (C=O) groups is 5. The fourth-order valence-corrected chi connectivity index (χ4v) is 6.65. The van der Waals surface area contributed by atoms with Crippen LogP contribution in [-0.4, -0.2) is 95.1 Å². The molecule has 40 heavy (non-hydrogen) atoms. The van der Waals surface area contributed by atoms with E-state index >= 15 is 0 Å². The summed E-state index contributed by atoms with van der Waals surface area (Å²) in [4.78, 5) is 75.9. The molecule has 13 heteroatoms. The number of carbonyl (C=O) groups excluding carboxylic acids is 5. The van der Waals surface area contributed by atoms with E-state index in [1.807, 2.05) is 7.05 Å². The number of nitrogens with one attached hydrogen (secondary N) is 2. The molecule has 1 fully saturated rings. The lowest BCUT2D eigenvalue weighted by Crippen LogP contribution is -2.31. The van der Waals surface area contributed by atoms with Crippen LogP contribution in [0.1, 0.15) is 80.8 Å². The lowest BCUT2D eigenvalue weighted by molar-refractivity contribution is 0.0791. The number of fused-ring (bicyclic) bond motifs is 2. The monoisotopic (exact) mass is 582 g/mol. The summed E-state index contributed by atoms with van der Waals surface area (Å²) in [6.45, 7) is 5.68. The summed E-state index contributed by atoms with van der Waals surface area (Å²) in [6.07, 6.45) is 6.02. The lowest BCUT2D eigenvalue weighted by atomic mass is 10.0. The minimum Gasteiger partial charge on any atom is -0.382 e. The average molecular weight is 583 g/mol. The second-order valence-corrected chi connectivity index (χ2v) is 12.2. The summed E-state index contributed by atoms with van der Waals surface area (Å²) in [5, 5.41) is 7.03. The number of rotatable bonds is 11. The highest BCUT2D eigenvalue weighted by Gasteiger charge is 2.33. The predicted molar refractivity (Wildman–Crippen MR) is 150 cm³/mol. The third kappa shape index (κ3) is 5.81. The molecule has 3 aliphatic rings. The Labute approximate surface area is 239 Å². The molecule has 1 aliphatic heterocycles. The maximum absolute atomic E-state index is 13.0. The highest BCUT2D eigenvalue weighted by molar-refractivity contribution is 7.16. The number of allylic oxidation sites excluding steroid dienone is 4. The van der Waals surface area contributed by atoms with Gasteiger partial charge in [0.25, 0.3) is 5.91 Å². The predicted octanol–water partition coefficient (Wildman–Crippen LogP) is 2.26. The van der Waals surface area contributed by atoms with Gasteiger partial charge in [-0.05, 0) is 52.7 Å². The van der Waals surface area contributed by atoms with E-state index in [0.717, 1.165) is 50.1 Å². The van der Waals surface area contributed by atoms with E-state index in [9.17, 15) is 24.0 Å². The van der Waals surface area contributed by atoms with Crippen molar-refractivity contribution in [1.29, 1.82) is 0 Å². The van der Waals surface area contributed by atoms with Crippen molar-refractivity contribution in [3.8, 4) is 0 Å². The summed E-state index contributed by atoms with van der Waals surface area (Å²) in [5.74, 6) is -1.33. The fourth-order valence-electron chi connectivity index (χ4n) is 4.83. The van der Waals surface area contributed by atoms with Crippen molar-refractivity contribution in [2.24, 2.45) is 0 Å². The van der Waals surface area contributed by atoms with Gasteiger partial charge in [0.1, 0.15) is 21.1 Å². The van der Waals surface area contributed by atoms with Crippen LogP contribution in [0.5, 0.6) is 0 Å². The summed E-state index contributed by atoms with van der Waals surface area (Å²) in [6, 6.07) is 0. The minimum absolute atomic E-state index is 0.0636. The van der Waals surface area contributed by atoms with Gasteiger partial charge in [-0.1, -0.05) is 0 Å². The molecular formula is C27H30N6O5S2. The van der Waals surface area contributed by atoms with Crippen LogP contribution in [0.2, 0.25) is 0 Å². The van der Waals surface area contributed by atoms with Gasteiger partial charge in [-0.2, -0.15) is 0 Å². The normalized spacial score (nSPS) is 16.7. The first-order chi connectivity index (χ1) is 19.2. The zero-order valence-corrected chi connectivity index (χ0v) is 24.0. The molecular weight excluding hydrogens is 552 g/mol. The molecule has 5 rings (SSSR count). The first kappa shape index (κ1) is 28.0. The molecule has 1 saturated heterocycles. The highest BCUT2D eigenvalue weighted by Crippen LogP contribution is 2.28. The van der Waals surface area contributed by atoms with Gasteiger partial charge in [-0.25, -0.2) is 9.97 Å². The quantitative estimate of drug-likeness (QED) is 0.379. The first-order valence-corrected chi connectivity index (χ1v) is 14.9. The molecule has 0 unspecified atom stereocenters. The van der Waals surface area contributed by atoms with Gasteiger partial charge in [-0.15, -0.1) is 22.7 Å². The Hall–Kier alpha value is -3.55. The van der Waals surface area contributed by atoms with E-state index < -0.39 is 0 Å². The number of hydrogen-bond acceptors (Lipinski definition) is 12. The van der Waals surface area contributed by atoms with Crippen LogP contribution in [0.15, 0.2) is 23.5 Å². The van der Waals surface area contributed by atoms with Crippen molar-refractivity contribution in [1.82, 2.24) is 30.4 Å². The Morgan fingerprint density at radius 3 is 2.17 bits per heavy atom. The van der Waals surface area contributed by atoms with Gasteiger partial charge < -0.3 is 20.4 Å². The van der Waals surface area contributed by atoms with E-state index in [4.69, 9.17) is 0 Å². The van der Waals surface area contributed by atoms with Crippen LogP contribution >= 0.6 is 22.7 Å². The van der Waals surface area contributed by atoms with Gasteiger partial charge in [0, 0.05) is 38.3 Å². The van der Waals surface area contributed by atoms with Gasteiger partial charge in [0.15, 0.2) is 10.8 Å². The number of aryl methyl sites for hydroxylation is 1. The number of Topliss-reactive ketones (excluding diaryl/α,β-unsaturated/α-hetero) is 2. The van der Waals surface area contributed by atoms with E-state index in [1.165, 1.54) is 23.5 Å². The van der Waals surface area contributed by atoms with Crippen LogP contribution < -0.4 is 10.6 Å². The molecule has 0 bridgehead atoms. The van der Waals surface area contributed by atoms with Crippen LogP contribution in [0, 0.1) is 6.92 Å². The first-order valence-electron chi connectivity index (χ1n) is 13.3. The lowest BCUT2D eigenvalue weighted by Gasteiger charge is -2.18. The van der Waals surface area contributed by atoms with Crippen molar-refractivity contribution in [2.75, 3.05) is 46.3 Å². The van der Waals surface area contributed by atoms with Crippen molar-refractivity contribution in [3.63, 3.8) is 0 Å². The van der Waals surface area contributed by atoms with E-state index in [1.54, 1.807) is 11.8 Å². The van der Waals surface area contributed by atoms with Crippen LogP contribution in [-0.2, 0) is 0 Å². The number of amides is 1. The molecule has 0 radical (unpaired) electrons. The molecule has 0 saturated carbocycles. The Kier molecular flexibility index (Phi) is 8.33. The maximum atomic E-state index is 13.0. The van der Waals surface area contributed by atoms with E-state index in [-0.39, 0.29) is 61.7 Å². The van der Waals surface area contributed by atoms with E-state index in [0.29, 0.717) is 36.1 Å². The number of likely N-dealkylation sites (tertiary alicyclic amines) is 1. The maximum Gasteiger partial charge on any atom is 0.282 e. The molecule has 210 valence electrons. The summed E-state index contributed by atoms with van der Waals surface area (Å²) >= 11 is 2.23. The van der Waals surface area contributed by atoms with Crippen molar-refractivity contribution in [3.05, 3.63) is 54.7 Å². The number of aromatic nitrogens is 2. The van der Waals surface area contributed by atoms with Gasteiger partial charge in [0.05, 0.1) is 16.4 Å². The van der Waals surface area contributed by atoms with Crippen molar-refractivity contribution >= 4 is 51.7 Å². The topological polar surface area (TPSA) is 142 Å². The second kappa shape index (κ2) is 11.9. The van der Waals surface area contributed by atoms with Crippen LogP contribution in [0.25, 0.3) is 0 Å². The minimum atomic E-state index is -0.368. The number of nitrogens with zero attached hydrogens (tertiary/aromatic N) is 4. The smallest absolute Gasteiger partial charge is 0.282 e. The second-order valence-electron chi connectivity index (χ2n) is 9.97. The standard InChI is InChI=1S/C27H30N6O5S2/c1-15-30-21-22(36)16(14-19(35)24(21)39-15)28-7-5-9-32(2)10-6-8-29-17-13-18(34)20-25(23(17)37)40-26(31-20)27(38)33-11-3-4-12-33/h13-14,28-29H,3-12H2,1-2H3. The Morgan fingerprint density at radius 2 is 1.50 bits per heavy atom. The van der Waals surface area contributed by atoms with Gasteiger partial charge in [0.2, 0.25) is 17.3 Å². The zero-order chi connectivity index (χ0) is 28.4. The van der Waals surface area contributed by atoms with Crippen LogP contribution in [0.4, 0.5) is 0 Å². The summed E-state index contributed by atoms with van der Waals surface area (Å²) in [7, 11) is 1.98. The zero-order valence-electron chi connectivity index (χ0n) is 22.4. The Bertz CT molecular complexity index is 1450. The van der Waals surface area contributed by atoms with E-state index in [2.05, 4.69) is 25.5 Å². The number of thiazole rings is 2. The number of hydrogen-bond donors (Lipinski definition) is 2. The number of ketones is 4. The van der Waals surface area contributed by atoms with Gasteiger partial charge in [-0.3, -0.25) is 24.0 Å². The highest BCUT2D eigenvalue weighted by atomic mass is 32.1. The Morgan fingerprint density at radius 1 is 0.875 bits per heavy atom. The molecule has 2 aliphatic carbocycles. The van der Waals surface area contributed by atoms with Crippen molar-refractivity contribution < 1.29 is 24.0 Å². The molecule has 11 nitrogen and oxygen atoms in total. The molecule has 0 aromatic carbocycles. The molecule has 2 N–H and O–H groups in total. The summed E-state index contributed by atoms with van der Waals surface area (Å²) < 4.78 is 0.